The minimum Gasteiger partial charge on any atom is -0.399 e. The molecule has 0 bridgehead atoms. The highest BCUT2D eigenvalue weighted by molar-refractivity contribution is 5.94. The number of alkyl halides is 7. The first-order valence-electron chi connectivity index (χ1n) is 8.25. The number of carbonyl (C=O) groups excluding carboxylic acids is 1. The van der Waals surface area contributed by atoms with E-state index in [0.717, 1.165) is 0 Å². The van der Waals surface area contributed by atoms with Gasteiger partial charge in [-0.3, -0.25) is 4.79 Å². The number of hydrogen-bond donors (Lipinski definition) is 2. The van der Waals surface area contributed by atoms with Crippen LogP contribution in [0.25, 0.3) is 0 Å². The number of halogens is 7. The number of carbonyl (C=O) groups is 1. The topological polar surface area (TPSA) is 55.1 Å². The van der Waals surface area contributed by atoms with Gasteiger partial charge in [0.2, 0.25) is 5.91 Å². The minimum atomic E-state index is -6.21. The molecule has 0 aliphatic heterocycles. The van der Waals surface area contributed by atoms with Crippen molar-refractivity contribution in [3.63, 3.8) is 0 Å². The molecular weight excluding hydrogens is 405 g/mol. The van der Waals surface area contributed by atoms with E-state index in [9.17, 15) is 35.5 Å². The van der Waals surface area contributed by atoms with E-state index in [1.54, 1.807) is 24.3 Å². The van der Waals surface area contributed by atoms with E-state index >= 15 is 0 Å². The zero-order valence-electron chi connectivity index (χ0n) is 15.3. The van der Waals surface area contributed by atoms with Crippen LogP contribution < -0.4 is 11.1 Å². The van der Waals surface area contributed by atoms with E-state index in [0.29, 0.717) is 23.4 Å². The second kappa shape index (κ2) is 7.57. The van der Waals surface area contributed by atoms with Gasteiger partial charge in [-0.1, -0.05) is 24.3 Å². The Bertz CT molecular complexity index is 882. The molecule has 0 saturated carbocycles. The quantitative estimate of drug-likeness (QED) is 0.515. The molecule has 1 amide bonds. The van der Waals surface area contributed by atoms with Crippen LogP contribution in [0.1, 0.15) is 22.3 Å². The lowest BCUT2D eigenvalue weighted by atomic mass is 9.90. The first-order chi connectivity index (χ1) is 13.2. The molecule has 2 aromatic carbocycles. The third-order valence-corrected chi connectivity index (χ3v) is 4.29. The van der Waals surface area contributed by atoms with Crippen LogP contribution in [0.5, 0.6) is 0 Å². The second-order valence-electron chi connectivity index (χ2n) is 6.61. The number of amides is 1. The fourth-order valence-corrected chi connectivity index (χ4v) is 2.92. The Hall–Kier alpha value is -2.78. The molecule has 0 fully saturated rings. The average Bonchev–Trinajstić information content (AvgIpc) is 2.55. The Kier molecular flexibility index (Phi) is 5.87. The average molecular weight is 422 g/mol. The molecule has 0 aromatic heterocycles. The SMILES string of the molecule is Cc1cc(C(F)(C(F)(F)F)C(F)(F)F)cc(C)c1NC(=O)Cc1cccc(N)c1. The van der Waals surface area contributed by atoms with Gasteiger partial charge in [0.25, 0.3) is 0 Å². The summed E-state index contributed by atoms with van der Waals surface area (Å²) in [5.41, 5.74) is -0.805. The molecule has 2 aromatic rings. The fourth-order valence-electron chi connectivity index (χ4n) is 2.92. The van der Waals surface area contributed by atoms with Crippen LogP contribution in [0, 0.1) is 13.8 Å². The van der Waals surface area contributed by atoms with Crippen LogP contribution in [0.15, 0.2) is 36.4 Å². The van der Waals surface area contributed by atoms with Gasteiger partial charge in [-0.05, 0) is 42.7 Å². The first kappa shape index (κ1) is 22.5. The molecule has 0 atom stereocenters. The van der Waals surface area contributed by atoms with Crippen molar-refractivity contribution in [2.24, 2.45) is 0 Å². The predicted octanol–water partition coefficient (Wildman–Crippen LogP) is 5.36. The van der Waals surface area contributed by atoms with E-state index in [2.05, 4.69) is 5.32 Å². The Labute approximate surface area is 161 Å². The summed E-state index contributed by atoms with van der Waals surface area (Å²) in [5, 5.41) is 2.44. The summed E-state index contributed by atoms with van der Waals surface area (Å²) in [7, 11) is 0. The first-order valence-corrected chi connectivity index (χ1v) is 8.25. The molecule has 0 radical (unpaired) electrons. The standard InChI is InChI=1S/C19H17F7N2O/c1-10-6-13(17(20,18(21,22)23)19(24,25)26)7-11(2)16(10)28-15(29)9-12-4-3-5-14(27)8-12/h3-8H,9,27H2,1-2H3,(H,28,29). The van der Waals surface area contributed by atoms with Crippen LogP contribution in [-0.4, -0.2) is 18.3 Å². The molecular formula is C19H17F7N2O. The highest BCUT2D eigenvalue weighted by Gasteiger charge is 2.73. The monoisotopic (exact) mass is 422 g/mol. The van der Waals surface area contributed by atoms with Gasteiger partial charge in [-0.15, -0.1) is 0 Å². The van der Waals surface area contributed by atoms with Gasteiger partial charge in [0.15, 0.2) is 0 Å². The van der Waals surface area contributed by atoms with Gasteiger partial charge in [-0.2, -0.15) is 26.3 Å². The lowest BCUT2D eigenvalue weighted by molar-refractivity contribution is -0.348. The van der Waals surface area contributed by atoms with Gasteiger partial charge < -0.3 is 11.1 Å². The molecule has 158 valence electrons. The maximum atomic E-state index is 14.3. The Balaban J connectivity index is 2.37. The van der Waals surface area contributed by atoms with Crippen molar-refractivity contribution >= 4 is 17.3 Å². The van der Waals surface area contributed by atoms with Crippen LogP contribution >= 0.6 is 0 Å². The van der Waals surface area contributed by atoms with E-state index in [1.165, 1.54) is 13.8 Å². The van der Waals surface area contributed by atoms with Crippen molar-refractivity contribution < 1.29 is 35.5 Å². The Morgan fingerprint density at radius 1 is 0.931 bits per heavy atom. The highest BCUT2D eigenvalue weighted by atomic mass is 19.4. The zero-order chi connectivity index (χ0) is 22.2. The maximum absolute atomic E-state index is 14.3. The zero-order valence-corrected chi connectivity index (χ0v) is 15.3. The van der Waals surface area contributed by atoms with Gasteiger partial charge in [0.1, 0.15) is 0 Å². The summed E-state index contributed by atoms with van der Waals surface area (Å²) in [6.45, 7) is 2.36. The molecule has 3 N–H and O–H groups in total. The molecule has 0 aliphatic rings. The van der Waals surface area contributed by atoms with Crippen molar-refractivity contribution in [3.8, 4) is 0 Å². The Morgan fingerprint density at radius 2 is 1.45 bits per heavy atom. The molecule has 10 heteroatoms. The lowest BCUT2D eigenvalue weighted by Crippen LogP contribution is -2.50. The van der Waals surface area contributed by atoms with E-state index in [-0.39, 0.29) is 23.2 Å². The lowest BCUT2D eigenvalue weighted by Gasteiger charge is -2.31. The summed E-state index contributed by atoms with van der Waals surface area (Å²) < 4.78 is 92.0. The number of nitrogen functional groups attached to an aromatic ring is 1. The van der Waals surface area contributed by atoms with E-state index in [1.807, 2.05) is 0 Å². The van der Waals surface area contributed by atoms with Crippen molar-refractivity contribution in [3.05, 3.63) is 58.7 Å². The molecule has 29 heavy (non-hydrogen) atoms. The number of nitrogens with one attached hydrogen (secondary N) is 1. The number of benzene rings is 2. The van der Waals surface area contributed by atoms with Crippen LogP contribution in [0.2, 0.25) is 0 Å². The van der Waals surface area contributed by atoms with Crippen LogP contribution in [0.4, 0.5) is 42.1 Å². The summed E-state index contributed by atoms with van der Waals surface area (Å²) >= 11 is 0. The number of anilines is 2. The summed E-state index contributed by atoms with van der Waals surface area (Å²) in [6.07, 6.45) is -12.5. The molecule has 0 unspecified atom stereocenters. The number of hydrogen-bond acceptors (Lipinski definition) is 2. The second-order valence-corrected chi connectivity index (χ2v) is 6.61. The molecule has 0 aliphatic carbocycles. The number of nitrogens with two attached hydrogens (primary N) is 1. The van der Waals surface area contributed by atoms with Crippen molar-refractivity contribution in [1.82, 2.24) is 0 Å². The normalized spacial score (nSPS) is 12.7. The van der Waals surface area contributed by atoms with Crippen LogP contribution in [-0.2, 0) is 16.9 Å². The van der Waals surface area contributed by atoms with Gasteiger partial charge in [0.05, 0.1) is 6.42 Å². The molecule has 3 nitrogen and oxygen atoms in total. The fraction of sp³-hybridized carbons (Fsp3) is 0.316. The third-order valence-electron chi connectivity index (χ3n) is 4.29. The van der Waals surface area contributed by atoms with Gasteiger partial charge in [-0.25, -0.2) is 4.39 Å². The third kappa shape index (κ3) is 4.46. The highest BCUT2D eigenvalue weighted by Crippen LogP contribution is 2.53. The molecule has 0 spiro atoms. The summed E-state index contributed by atoms with van der Waals surface area (Å²) in [6, 6.07) is 7.28. The van der Waals surface area contributed by atoms with Gasteiger partial charge in [0, 0.05) is 16.9 Å². The van der Waals surface area contributed by atoms with Gasteiger partial charge >= 0.3 is 18.0 Å². The summed E-state index contributed by atoms with van der Waals surface area (Å²) in [5.74, 6) is -0.562. The minimum absolute atomic E-state index is 0.00866. The largest absolute Gasteiger partial charge is 0.435 e. The number of aryl methyl sites for hydroxylation is 2. The smallest absolute Gasteiger partial charge is 0.399 e. The maximum Gasteiger partial charge on any atom is 0.435 e. The Morgan fingerprint density at radius 3 is 1.90 bits per heavy atom. The van der Waals surface area contributed by atoms with E-state index < -0.39 is 29.5 Å². The van der Waals surface area contributed by atoms with Crippen molar-refractivity contribution in [1.29, 1.82) is 0 Å². The predicted molar refractivity (Wildman–Crippen MR) is 94.0 cm³/mol. The molecule has 2 rings (SSSR count). The summed E-state index contributed by atoms with van der Waals surface area (Å²) in [4.78, 5) is 12.2. The molecule has 0 heterocycles. The van der Waals surface area contributed by atoms with E-state index in [4.69, 9.17) is 5.73 Å². The van der Waals surface area contributed by atoms with Crippen molar-refractivity contribution in [2.75, 3.05) is 11.1 Å². The van der Waals surface area contributed by atoms with Crippen LogP contribution in [0.3, 0.4) is 0 Å². The molecule has 0 saturated heterocycles. The number of rotatable bonds is 4. The van der Waals surface area contributed by atoms with Crippen molar-refractivity contribution in [2.45, 2.75) is 38.3 Å².